The first-order valence-corrected chi connectivity index (χ1v) is 9.50. The summed E-state index contributed by atoms with van der Waals surface area (Å²) in [4.78, 5) is 0. The van der Waals surface area contributed by atoms with Gasteiger partial charge in [0.15, 0.2) is 8.24 Å². The lowest BCUT2D eigenvalue weighted by atomic mass is 9.52. The van der Waals surface area contributed by atoms with Crippen molar-refractivity contribution in [3.05, 3.63) is 41.0 Å². The highest BCUT2D eigenvalue weighted by Gasteiger charge is 2.48. The zero-order valence-electron chi connectivity index (χ0n) is 12.3. The highest BCUT2D eigenvalue weighted by atomic mass is 28.3. The highest BCUT2D eigenvalue weighted by Crippen LogP contribution is 2.35. The van der Waals surface area contributed by atoms with Crippen molar-refractivity contribution in [2.24, 2.45) is 0 Å². The third-order valence-electron chi connectivity index (χ3n) is 4.89. The van der Waals surface area contributed by atoms with Crippen molar-refractivity contribution >= 4 is 20.3 Å². The van der Waals surface area contributed by atoms with Crippen LogP contribution in [0.3, 0.4) is 0 Å². The summed E-state index contributed by atoms with van der Waals surface area (Å²) >= 11 is 0. The molecule has 3 heteroatoms. The Kier molecular flexibility index (Phi) is 3.83. The molecule has 1 aliphatic rings. The van der Waals surface area contributed by atoms with Crippen LogP contribution in [-0.4, -0.2) is 26.6 Å². The molecule has 1 unspecified atom stereocenters. The Balaban J connectivity index is 2.54. The molecule has 1 nitrogen and oxygen atoms in total. The largest absolute Gasteiger partial charge is 0.357 e. The maximum absolute atomic E-state index is 2.69. The van der Waals surface area contributed by atoms with Crippen LogP contribution in [0.2, 0.25) is 12.9 Å². The quantitative estimate of drug-likeness (QED) is 0.751. The molecule has 0 fully saturated rings. The first-order chi connectivity index (χ1) is 8.57. The van der Waals surface area contributed by atoms with Crippen molar-refractivity contribution in [1.82, 2.24) is 4.48 Å². The predicted molar refractivity (Wildman–Crippen MR) is 84.7 cm³/mol. The standard InChI is InChI=1S/C15H24BNSi/c1-6-15-13(3)18(5,17(4)16(15)7-2)14-11-9-8-10-12-14/h8-12H,6-7H2,1-5H3. The molecule has 0 saturated carbocycles. The number of hydrogen-bond donors (Lipinski definition) is 0. The molecule has 0 saturated heterocycles. The van der Waals surface area contributed by atoms with Gasteiger partial charge in [0.25, 0.3) is 0 Å². The third kappa shape index (κ3) is 1.81. The number of rotatable bonds is 3. The molecule has 1 aromatic carbocycles. The van der Waals surface area contributed by atoms with E-state index in [0.717, 1.165) is 0 Å². The average molecular weight is 257 g/mol. The molecular weight excluding hydrogens is 233 g/mol. The molecule has 0 bridgehead atoms. The van der Waals surface area contributed by atoms with E-state index in [-0.39, 0.29) is 0 Å². The Morgan fingerprint density at radius 2 is 1.78 bits per heavy atom. The number of hydrogen-bond acceptors (Lipinski definition) is 1. The summed E-state index contributed by atoms with van der Waals surface area (Å²) < 4.78 is 2.69. The van der Waals surface area contributed by atoms with Crippen LogP contribution < -0.4 is 5.19 Å². The molecule has 1 heterocycles. The van der Waals surface area contributed by atoms with Gasteiger partial charge in [-0.1, -0.05) is 61.2 Å². The van der Waals surface area contributed by atoms with Crippen LogP contribution in [0.4, 0.5) is 0 Å². The van der Waals surface area contributed by atoms with E-state index in [4.69, 9.17) is 0 Å². The fourth-order valence-electron chi connectivity index (χ4n) is 3.58. The van der Waals surface area contributed by atoms with Gasteiger partial charge in [0.2, 0.25) is 6.85 Å². The van der Waals surface area contributed by atoms with Crippen molar-refractivity contribution in [3.63, 3.8) is 0 Å². The average Bonchev–Trinajstić information content (AvgIpc) is 2.61. The summed E-state index contributed by atoms with van der Waals surface area (Å²) in [6, 6.07) is 11.1. The Bertz CT molecular complexity index is 457. The van der Waals surface area contributed by atoms with Crippen molar-refractivity contribution in [2.75, 3.05) is 7.05 Å². The molecule has 96 valence electrons. The van der Waals surface area contributed by atoms with E-state index < -0.39 is 8.24 Å². The van der Waals surface area contributed by atoms with Gasteiger partial charge in [-0.3, -0.25) is 0 Å². The molecule has 0 aromatic heterocycles. The van der Waals surface area contributed by atoms with Crippen LogP contribution in [0.1, 0.15) is 27.2 Å². The number of allylic oxidation sites excluding steroid dienone is 2. The second-order valence-electron chi connectivity index (χ2n) is 5.48. The summed E-state index contributed by atoms with van der Waals surface area (Å²) in [5, 5.41) is 3.23. The van der Waals surface area contributed by atoms with Gasteiger partial charge in [0.1, 0.15) is 0 Å². The normalized spacial score (nSPS) is 25.1. The summed E-state index contributed by atoms with van der Waals surface area (Å²) in [7, 11) is 0.709. The van der Waals surface area contributed by atoms with E-state index in [9.17, 15) is 0 Å². The molecule has 1 aliphatic heterocycles. The minimum absolute atomic E-state index is 0.659. The van der Waals surface area contributed by atoms with E-state index in [1.165, 1.54) is 12.7 Å². The van der Waals surface area contributed by atoms with Gasteiger partial charge in [-0.05, 0) is 32.1 Å². The van der Waals surface area contributed by atoms with E-state index in [1.54, 1.807) is 15.9 Å². The van der Waals surface area contributed by atoms with Gasteiger partial charge >= 0.3 is 0 Å². The maximum atomic E-state index is 2.69. The van der Waals surface area contributed by atoms with Crippen molar-refractivity contribution in [1.29, 1.82) is 0 Å². The minimum atomic E-state index is -1.62. The fourth-order valence-corrected chi connectivity index (χ4v) is 7.72. The molecular formula is C15H24BNSi. The Hall–Kier alpha value is -0.798. The van der Waals surface area contributed by atoms with Crippen molar-refractivity contribution in [2.45, 2.75) is 40.1 Å². The maximum Gasteiger partial charge on any atom is 0.246 e. The van der Waals surface area contributed by atoms with Gasteiger partial charge in [0.05, 0.1) is 0 Å². The van der Waals surface area contributed by atoms with Crippen LogP contribution in [0.25, 0.3) is 0 Å². The SMILES string of the molecule is CCB1C(CC)=C(C)[Si](C)(c2ccccc2)N1C. The highest BCUT2D eigenvalue weighted by molar-refractivity contribution is 7.03. The van der Waals surface area contributed by atoms with Crippen LogP contribution in [0.5, 0.6) is 0 Å². The molecule has 1 aromatic rings. The van der Waals surface area contributed by atoms with Crippen LogP contribution in [0, 0.1) is 0 Å². The summed E-state index contributed by atoms with van der Waals surface area (Å²) in [5.74, 6) is 0. The predicted octanol–water partition coefficient (Wildman–Crippen LogP) is 3.23. The Morgan fingerprint density at radius 3 is 2.22 bits per heavy atom. The molecule has 0 spiro atoms. The Labute approximate surface area is 113 Å². The van der Waals surface area contributed by atoms with Crippen LogP contribution >= 0.6 is 0 Å². The van der Waals surface area contributed by atoms with E-state index in [1.807, 2.05) is 0 Å². The molecule has 18 heavy (non-hydrogen) atoms. The zero-order chi connectivity index (χ0) is 13.3. The minimum Gasteiger partial charge on any atom is -0.357 e. The smallest absolute Gasteiger partial charge is 0.246 e. The second kappa shape index (κ2) is 5.06. The molecule has 0 radical (unpaired) electrons. The van der Waals surface area contributed by atoms with Crippen LogP contribution in [-0.2, 0) is 0 Å². The number of benzene rings is 1. The Morgan fingerprint density at radius 1 is 1.17 bits per heavy atom. The van der Waals surface area contributed by atoms with E-state index in [2.05, 4.69) is 69.2 Å². The topological polar surface area (TPSA) is 3.24 Å². The lowest BCUT2D eigenvalue weighted by Gasteiger charge is -2.35. The first kappa shape index (κ1) is 13.6. The molecule has 2 rings (SSSR count). The molecule has 1 atom stereocenters. The van der Waals surface area contributed by atoms with Gasteiger partial charge in [-0.25, -0.2) is 0 Å². The summed E-state index contributed by atoms with van der Waals surface area (Å²) in [6.07, 6.45) is 2.43. The summed E-state index contributed by atoms with van der Waals surface area (Å²) in [6.45, 7) is 10.2. The van der Waals surface area contributed by atoms with Gasteiger partial charge in [-0.2, -0.15) is 0 Å². The number of nitrogens with zero attached hydrogens (tertiary/aromatic N) is 1. The third-order valence-corrected chi connectivity index (χ3v) is 9.85. The van der Waals surface area contributed by atoms with Crippen molar-refractivity contribution in [3.8, 4) is 0 Å². The lowest BCUT2D eigenvalue weighted by molar-refractivity contribution is 0.796. The van der Waals surface area contributed by atoms with E-state index >= 15 is 0 Å². The monoisotopic (exact) mass is 257 g/mol. The molecule has 0 aliphatic carbocycles. The fraction of sp³-hybridized carbons (Fsp3) is 0.467. The first-order valence-electron chi connectivity index (χ1n) is 7.05. The summed E-state index contributed by atoms with van der Waals surface area (Å²) in [5.41, 5.74) is 1.69. The molecule has 0 N–H and O–H groups in total. The van der Waals surface area contributed by atoms with E-state index in [0.29, 0.717) is 6.85 Å². The molecule has 0 amide bonds. The van der Waals surface area contributed by atoms with Gasteiger partial charge in [-0.15, -0.1) is 0 Å². The van der Waals surface area contributed by atoms with Crippen LogP contribution in [0.15, 0.2) is 41.0 Å². The van der Waals surface area contributed by atoms with Gasteiger partial charge < -0.3 is 4.48 Å². The zero-order valence-corrected chi connectivity index (χ0v) is 13.3. The van der Waals surface area contributed by atoms with Crippen molar-refractivity contribution < 1.29 is 0 Å². The lowest BCUT2D eigenvalue weighted by Crippen LogP contribution is -2.59. The second-order valence-corrected chi connectivity index (χ2v) is 9.65. The van der Waals surface area contributed by atoms with Gasteiger partial charge in [0, 0.05) is 0 Å².